The van der Waals surface area contributed by atoms with Crippen molar-refractivity contribution in [3.05, 3.63) is 42.1 Å². The molecule has 1 unspecified atom stereocenters. The summed E-state index contributed by atoms with van der Waals surface area (Å²) in [6, 6.07) is 5.35. The summed E-state index contributed by atoms with van der Waals surface area (Å²) in [6.45, 7) is 1.47. The van der Waals surface area contributed by atoms with Gasteiger partial charge in [-0.25, -0.2) is 4.39 Å². The predicted molar refractivity (Wildman–Crippen MR) is 72.0 cm³/mol. The Balaban J connectivity index is 1.93. The lowest BCUT2D eigenvalue weighted by Gasteiger charge is -2.34. The number of nitrogens with zero attached hydrogens (tertiary/aromatic N) is 1. The maximum absolute atomic E-state index is 12.8. The molecule has 0 aliphatic carbocycles. The van der Waals surface area contributed by atoms with Gasteiger partial charge in [0.2, 0.25) is 11.8 Å². The van der Waals surface area contributed by atoms with Crippen molar-refractivity contribution in [2.24, 2.45) is 5.73 Å². The van der Waals surface area contributed by atoms with Crippen LogP contribution in [-0.4, -0.2) is 42.4 Å². The molecule has 20 heavy (non-hydrogen) atoms. The van der Waals surface area contributed by atoms with Crippen LogP contribution in [-0.2, 0) is 16.0 Å². The summed E-state index contributed by atoms with van der Waals surface area (Å²) >= 11 is 0. The highest BCUT2D eigenvalue weighted by Crippen LogP contribution is 2.09. The number of hydrogen-bond acceptors (Lipinski definition) is 3. The molecule has 1 fully saturated rings. The fourth-order valence-electron chi connectivity index (χ4n) is 2.17. The molecule has 0 aromatic heterocycles. The van der Waals surface area contributed by atoms with Crippen molar-refractivity contribution < 1.29 is 14.0 Å². The molecule has 2 rings (SSSR count). The molecule has 6 heteroatoms. The summed E-state index contributed by atoms with van der Waals surface area (Å²) in [7, 11) is 0. The van der Waals surface area contributed by atoms with E-state index in [-0.39, 0.29) is 11.7 Å². The van der Waals surface area contributed by atoms with Crippen molar-refractivity contribution in [3.63, 3.8) is 0 Å². The number of benzene rings is 1. The minimum absolute atomic E-state index is 0.223. The van der Waals surface area contributed by atoms with Gasteiger partial charge in [-0.15, -0.1) is 0 Å². The lowest BCUT2D eigenvalue weighted by Crippen LogP contribution is -2.58. The summed E-state index contributed by atoms with van der Waals surface area (Å²) in [6.07, 6.45) is 1.89. The summed E-state index contributed by atoms with van der Waals surface area (Å²) in [5.74, 6) is -1.05. The van der Waals surface area contributed by atoms with Gasteiger partial charge in [0.25, 0.3) is 0 Å². The number of rotatable bonds is 4. The molecule has 1 heterocycles. The Labute approximate surface area is 116 Å². The second-order valence-corrected chi connectivity index (χ2v) is 4.69. The maximum Gasteiger partial charge on any atom is 0.241 e. The number of primary amides is 1. The van der Waals surface area contributed by atoms with E-state index in [2.05, 4.69) is 5.32 Å². The Kier molecular flexibility index (Phi) is 4.68. The first-order valence-electron chi connectivity index (χ1n) is 6.46. The minimum Gasteiger partial charge on any atom is -0.368 e. The van der Waals surface area contributed by atoms with Gasteiger partial charge in [0.05, 0.1) is 6.42 Å². The van der Waals surface area contributed by atoms with Crippen molar-refractivity contribution in [1.82, 2.24) is 10.2 Å². The molecule has 1 radical (unpaired) electrons. The highest BCUT2D eigenvalue weighted by atomic mass is 19.1. The fraction of sp³-hybridized carbons (Fsp3) is 0.357. The van der Waals surface area contributed by atoms with Crippen LogP contribution in [0.5, 0.6) is 0 Å². The van der Waals surface area contributed by atoms with Crippen LogP contribution in [0.4, 0.5) is 4.39 Å². The molecule has 2 amide bonds. The molecule has 0 spiro atoms. The molecule has 1 aromatic rings. The lowest BCUT2D eigenvalue weighted by molar-refractivity contribution is -0.137. The number of piperazine rings is 1. The number of amides is 2. The summed E-state index contributed by atoms with van der Waals surface area (Å²) in [4.78, 5) is 24.9. The molecule has 3 N–H and O–H groups in total. The van der Waals surface area contributed by atoms with Crippen LogP contribution in [0.15, 0.2) is 24.3 Å². The van der Waals surface area contributed by atoms with E-state index in [0.717, 1.165) is 5.56 Å². The van der Waals surface area contributed by atoms with Gasteiger partial charge >= 0.3 is 0 Å². The zero-order valence-electron chi connectivity index (χ0n) is 11.0. The topological polar surface area (TPSA) is 75.4 Å². The minimum atomic E-state index is -0.610. The molecule has 107 valence electrons. The van der Waals surface area contributed by atoms with Crippen LogP contribution in [0.2, 0.25) is 0 Å². The number of carbonyl (C=O) groups is 2. The Morgan fingerprint density at radius 2 is 2.10 bits per heavy atom. The second kappa shape index (κ2) is 6.47. The Hall–Kier alpha value is -1.95. The summed E-state index contributed by atoms with van der Waals surface area (Å²) < 4.78 is 12.8. The van der Waals surface area contributed by atoms with E-state index in [0.29, 0.717) is 26.1 Å². The lowest BCUT2D eigenvalue weighted by atomic mass is 10.1. The van der Waals surface area contributed by atoms with Crippen LogP contribution in [0.1, 0.15) is 5.56 Å². The quantitative estimate of drug-likeness (QED) is 0.805. The summed E-state index contributed by atoms with van der Waals surface area (Å²) in [5, 5.41) is 3.03. The predicted octanol–water partition coefficient (Wildman–Crippen LogP) is -0.142. The Bertz CT molecular complexity index is 490. The molecule has 1 aliphatic rings. The first kappa shape index (κ1) is 14.5. The van der Waals surface area contributed by atoms with Crippen molar-refractivity contribution in [3.8, 4) is 0 Å². The van der Waals surface area contributed by atoms with E-state index in [1.807, 2.05) is 0 Å². The molecular weight excluding hydrogens is 261 g/mol. The number of nitrogens with two attached hydrogens (primary N) is 1. The smallest absolute Gasteiger partial charge is 0.241 e. The molecule has 5 nitrogen and oxygen atoms in total. The number of carbonyl (C=O) groups excluding carboxylic acids is 2. The average molecular weight is 278 g/mol. The molecule has 0 bridgehead atoms. The fourth-order valence-corrected chi connectivity index (χ4v) is 2.17. The number of hydrogen-bond donors (Lipinski definition) is 2. The standard InChI is InChI=1S/C14H17FN3O2/c15-11-4-1-10(2-5-11)3-6-13(19)18-8-7-17-9-12(18)14(16)20/h1-2,4-6,12,17H,3,7-9H2,(H2,16,20). The highest BCUT2D eigenvalue weighted by molar-refractivity contribution is 5.91. The van der Waals surface area contributed by atoms with Crippen LogP contribution >= 0.6 is 0 Å². The number of halogens is 1. The first-order chi connectivity index (χ1) is 9.58. The van der Waals surface area contributed by atoms with Gasteiger partial charge in [-0.05, 0) is 24.1 Å². The van der Waals surface area contributed by atoms with Gasteiger partial charge in [-0.2, -0.15) is 0 Å². The van der Waals surface area contributed by atoms with Gasteiger partial charge in [-0.1, -0.05) is 12.1 Å². The molecule has 0 saturated carbocycles. The van der Waals surface area contributed by atoms with Gasteiger partial charge in [0.1, 0.15) is 11.9 Å². The monoisotopic (exact) mass is 278 g/mol. The normalized spacial score (nSPS) is 18.9. The third-order valence-corrected chi connectivity index (χ3v) is 3.28. The third kappa shape index (κ3) is 3.54. The Morgan fingerprint density at radius 3 is 2.75 bits per heavy atom. The van der Waals surface area contributed by atoms with Gasteiger partial charge in [-0.3, -0.25) is 9.59 Å². The van der Waals surface area contributed by atoms with Crippen LogP contribution in [0.25, 0.3) is 0 Å². The third-order valence-electron chi connectivity index (χ3n) is 3.28. The first-order valence-corrected chi connectivity index (χ1v) is 6.46. The second-order valence-electron chi connectivity index (χ2n) is 4.69. The van der Waals surface area contributed by atoms with Gasteiger partial charge in [0.15, 0.2) is 0 Å². The maximum atomic E-state index is 12.8. The highest BCUT2D eigenvalue weighted by Gasteiger charge is 2.30. The average Bonchev–Trinajstić information content (AvgIpc) is 2.46. The van der Waals surface area contributed by atoms with Gasteiger partial charge in [0, 0.05) is 19.6 Å². The van der Waals surface area contributed by atoms with Crippen LogP contribution in [0.3, 0.4) is 0 Å². The molecule has 1 saturated heterocycles. The van der Waals surface area contributed by atoms with E-state index in [4.69, 9.17) is 5.73 Å². The van der Waals surface area contributed by atoms with E-state index >= 15 is 0 Å². The Morgan fingerprint density at radius 1 is 1.40 bits per heavy atom. The van der Waals surface area contributed by atoms with E-state index in [9.17, 15) is 14.0 Å². The van der Waals surface area contributed by atoms with Crippen molar-refractivity contribution in [2.45, 2.75) is 12.5 Å². The molecular formula is C14H17FN3O2. The van der Waals surface area contributed by atoms with Crippen molar-refractivity contribution in [2.75, 3.05) is 19.6 Å². The number of nitrogens with one attached hydrogen (secondary N) is 1. The van der Waals surface area contributed by atoms with E-state index in [1.165, 1.54) is 23.5 Å². The van der Waals surface area contributed by atoms with E-state index in [1.54, 1.807) is 12.1 Å². The van der Waals surface area contributed by atoms with Crippen LogP contribution in [0, 0.1) is 12.2 Å². The SMILES string of the molecule is NC(=O)C1CNCCN1C(=O)[CH]Cc1ccc(F)cc1. The largest absolute Gasteiger partial charge is 0.368 e. The molecule has 1 aromatic carbocycles. The van der Waals surface area contributed by atoms with Crippen molar-refractivity contribution in [1.29, 1.82) is 0 Å². The van der Waals surface area contributed by atoms with Crippen molar-refractivity contribution >= 4 is 11.8 Å². The van der Waals surface area contributed by atoms with Crippen LogP contribution < -0.4 is 11.1 Å². The summed E-state index contributed by atoms with van der Waals surface area (Å²) in [5.41, 5.74) is 6.13. The molecule has 1 aliphatic heterocycles. The zero-order chi connectivity index (χ0) is 14.5. The zero-order valence-corrected chi connectivity index (χ0v) is 11.0. The van der Waals surface area contributed by atoms with Gasteiger partial charge < -0.3 is 16.0 Å². The molecule has 1 atom stereocenters. The van der Waals surface area contributed by atoms with E-state index < -0.39 is 11.9 Å².